The number of piperidine rings is 1. The van der Waals surface area contributed by atoms with Gasteiger partial charge in [-0.25, -0.2) is 0 Å². The van der Waals surface area contributed by atoms with Crippen molar-refractivity contribution in [2.45, 2.75) is 78.2 Å². The molecule has 5 nitrogen and oxygen atoms in total. The zero-order valence-corrected chi connectivity index (χ0v) is 22.9. The minimum atomic E-state index is 0.234. The lowest BCUT2D eigenvalue weighted by Gasteiger charge is -2.40. The van der Waals surface area contributed by atoms with Crippen LogP contribution in [-0.2, 0) is 6.42 Å². The standard InChI is InChI=1S/C30H50N4O/c1-5-15-33(21-24(3)31-4)28-11-12-29-26(18-28)14-17-34(30(29)35)20-23(2)19-32-16-13-25-9-7-6-8-10-27(25)22-32/h11-12,18,23-25,27,31H,5-10,13-17,19-22H2,1-4H3/t23-,24?,25?,27?/m1/s1. The van der Waals surface area contributed by atoms with Crippen LogP contribution < -0.4 is 10.2 Å². The number of nitrogens with zero attached hydrogens (tertiary/aromatic N) is 3. The number of carbonyl (C=O) groups excluding carboxylic acids is 1. The van der Waals surface area contributed by atoms with Crippen molar-refractivity contribution in [3.05, 3.63) is 29.3 Å². The van der Waals surface area contributed by atoms with Gasteiger partial charge in [-0.2, -0.15) is 0 Å². The zero-order chi connectivity index (χ0) is 24.8. The molecular weight excluding hydrogens is 432 g/mol. The number of hydrogen-bond donors (Lipinski definition) is 1. The average Bonchev–Trinajstić information content (AvgIpc) is 3.10. The molecule has 1 aromatic rings. The predicted octanol–water partition coefficient (Wildman–Crippen LogP) is 5.05. The van der Waals surface area contributed by atoms with Crippen LogP contribution in [0.1, 0.15) is 81.6 Å². The number of likely N-dealkylation sites (tertiary alicyclic amines) is 1. The maximum absolute atomic E-state index is 13.4. The van der Waals surface area contributed by atoms with Crippen molar-refractivity contribution < 1.29 is 4.79 Å². The van der Waals surface area contributed by atoms with Gasteiger partial charge < -0.3 is 20.0 Å². The molecule has 4 rings (SSSR count). The summed E-state index contributed by atoms with van der Waals surface area (Å²) >= 11 is 0. The Labute approximate surface area is 214 Å². The fourth-order valence-electron chi connectivity index (χ4n) is 6.80. The highest BCUT2D eigenvalue weighted by atomic mass is 16.2. The van der Waals surface area contributed by atoms with Crippen molar-refractivity contribution in [1.82, 2.24) is 15.1 Å². The van der Waals surface area contributed by atoms with E-state index in [9.17, 15) is 4.79 Å². The zero-order valence-electron chi connectivity index (χ0n) is 22.9. The number of fused-ring (bicyclic) bond motifs is 2. The first-order valence-corrected chi connectivity index (χ1v) is 14.5. The van der Waals surface area contributed by atoms with Crippen LogP contribution in [0.15, 0.2) is 18.2 Å². The van der Waals surface area contributed by atoms with Gasteiger partial charge in [0.25, 0.3) is 5.91 Å². The quantitative estimate of drug-likeness (QED) is 0.507. The van der Waals surface area contributed by atoms with Crippen LogP contribution in [0.5, 0.6) is 0 Å². The van der Waals surface area contributed by atoms with Gasteiger partial charge in [0.15, 0.2) is 0 Å². The highest BCUT2D eigenvalue weighted by Gasteiger charge is 2.31. The molecule has 0 bridgehead atoms. The van der Waals surface area contributed by atoms with Crippen molar-refractivity contribution in [3.63, 3.8) is 0 Å². The van der Waals surface area contributed by atoms with E-state index in [-0.39, 0.29) is 5.91 Å². The Morgan fingerprint density at radius 2 is 1.86 bits per heavy atom. The largest absolute Gasteiger partial charge is 0.370 e. The van der Waals surface area contributed by atoms with Crippen LogP contribution in [0.25, 0.3) is 0 Å². The van der Waals surface area contributed by atoms with Gasteiger partial charge in [-0.3, -0.25) is 4.79 Å². The molecule has 1 N–H and O–H groups in total. The summed E-state index contributed by atoms with van der Waals surface area (Å²) in [5, 5.41) is 3.36. The molecule has 1 aromatic carbocycles. The smallest absolute Gasteiger partial charge is 0.254 e. The number of nitrogens with one attached hydrogen (secondary N) is 1. The molecule has 3 unspecified atom stereocenters. The number of rotatable bonds is 10. The van der Waals surface area contributed by atoms with E-state index in [1.807, 2.05) is 7.05 Å². The number of likely N-dealkylation sites (N-methyl/N-ethyl adjacent to an activating group) is 1. The Balaban J connectivity index is 1.33. The van der Waals surface area contributed by atoms with Gasteiger partial charge in [0.2, 0.25) is 0 Å². The SMILES string of the molecule is CCCN(CC(C)NC)c1ccc2c(c1)CCN(C[C@H](C)CN1CCC3CCCCCC3C1)C2=O. The first-order chi connectivity index (χ1) is 17.0. The molecule has 0 radical (unpaired) electrons. The van der Waals surface area contributed by atoms with Gasteiger partial charge in [-0.15, -0.1) is 0 Å². The maximum Gasteiger partial charge on any atom is 0.254 e. The molecule has 4 atom stereocenters. The summed E-state index contributed by atoms with van der Waals surface area (Å²) in [5.74, 6) is 2.64. The Bertz CT molecular complexity index is 827. The minimum Gasteiger partial charge on any atom is -0.370 e. The van der Waals surface area contributed by atoms with Crippen LogP contribution in [-0.4, -0.2) is 74.6 Å². The van der Waals surface area contributed by atoms with Gasteiger partial charge >= 0.3 is 0 Å². The summed E-state index contributed by atoms with van der Waals surface area (Å²) < 4.78 is 0. The van der Waals surface area contributed by atoms with Gasteiger partial charge in [0, 0.05) is 56.6 Å². The van der Waals surface area contributed by atoms with Crippen LogP contribution >= 0.6 is 0 Å². The molecule has 2 aliphatic heterocycles. The normalized spacial score (nSPS) is 24.9. The van der Waals surface area contributed by atoms with E-state index in [1.165, 1.54) is 62.9 Å². The van der Waals surface area contributed by atoms with Gasteiger partial charge in [-0.1, -0.05) is 39.5 Å². The van der Waals surface area contributed by atoms with Gasteiger partial charge in [-0.05, 0) is 87.7 Å². The summed E-state index contributed by atoms with van der Waals surface area (Å²) in [7, 11) is 2.02. The van der Waals surface area contributed by atoms with Crippen LogP contribution in [0.3, 0.4) is 0 Å². The van der Waals surface area contributed by atoms with Gasteiger partial charge in [0.05, 0.1) is 0 Å². The first kappa shape index (κ1) is 26.5. The summed E-state index contributed by atoms with van der Waals surface area (Å²) in [5.41, 5.74) is 3.40. The molecule has 1 saturated carbocycles. The number of hydrogen-bond acceptors (Lipinski definition) is 4. The highest BCUT2D eigenvalue weighted by Crippen LogP contribution is 2.35. The summed E-state index contributed by atoms with van der Waals surface area (Å²) in [4.78, 5) is 20.7. The van der Waals surface area contributed by atoms with Crippen molar-refractivity contribution in [1.29, 1.82) is 0 Å². The monoisotopic (exact) mass is 482 g/mol. The Kier molecular flexibility index (Phi) is 9.52. The lowest BCUT2D eigenvalue weighted by molar-refractivity contribution is 0.0657. The summed E-state index contributed by atoms with van der Waals surface area (Å²) in [6, 6.07) is 6.97. The van der Waals surface area contributed by atoms with Gasteiger partial charge in [0.1, 0.15) is 0 Å². The molecule has 196 valence electrons. The third kappa shape index (κ3) is 6.80. The van der Waals surface area contributed by atoms with Crippen LogP contribution in [0.2, 0.25) is 0 Å². The second-order valence-corrected chi connectivity index (χ2v) is 11.8. The van der Waals surface area contributed by atoms with E-state index in [2.05, 4.69) is 59.0 Å². The first-order valence-electron chi connectivity index (χ1n) is 14.5. The maximum atomic E-state index is 13.4. The van der Waals surface area contributed by atoms with E-state index >= 15 is 0 Å². The number of anilines is 1. The van der Waals surface area contributed by atoms with E-state index in [1.54, 1.807) is 0 Å². The third-order valence-electron chi connectivity index (χ3n) is 8.83. The molecule has 2 heterocycles. The molecular formula is C30H50N4O. The van der Waals surface area contributed by atoms with Crippen LogP contribution in [0, 0.1) is 17.8 Å². The molecule has 0 spiro atoms. The summed E-state index contributed by atoms with van der Waals surface area (Å²) in [6.07, 6.45) is 10.7. The van der Waals surface area contributed by atoms with Crippen molar-refractivity contribution in [2.24, 2.45) is 17.8 Å². The molecule has 1 saturated heterocycles. The number of benzene rings is 1. The molecule has 35 heavy (non-hydrogen) atoms. The topological polar surface area (TPSA) is 38.8 Å². The Morgan fingerprint density at radius 3 is 2.63 bits per heavy atom. The van der Waals surface area contributed by atoms with E-state index in [0.29, 0.717) is 12.0 Å². The molecule has 1 amide bonds. The predicted molar refractivity (Wildman–Crippen MR) is 147 cm³/mol. The van der Waals surface area contributed by atoms with Crippen LogP contribution in [0.4, 0.5) is 5.69 Å². The van der Waals surface area contributed by atoms with E-state index < -0.39 is 0 Å². The highest BCUT2D eigenvalue weighted by molar-refractivity contribution is 5.97. The van der Waals surface area contributed by atoms with E-state index in [0.717, 1.165) is 63.0 Å². The summed E-state index contributed by atoms with van der Waals surface area (Å²) in [6.45, 7) is 14.2. The Hall–Kier alpha value is -1.59. The third-order valence-corrected chi connectivity index (χ3v) is 8.83. The van der Waals surface area contributed by atoms with E-state index in [4.69, 9.17) is 0 Å². The average molecular weight is 483 g/mol. The molecule has 0 aromatic heterocycles. The minimum absolute atomic E-state index is 0.234. The lowest BCUT2D eigenvalue weighted by Crippen LogP contribution is -2.45. The van der Waals surface area contributed by atoms with Crippen molar-refractivity contribution >= 4 is 11.6 Å². The molecule has 1 aliphatic carbocycles. The lowest BCUT2D eigenvalue weighted by atomic mass is 9.82. The molecule has 5 heteroatoms. The fourth-order valence-corrected chi connectivity index (χ4v) is 6.80. The molecule has 2 fully saturated rings. The van der Waals surface area contributed by atoms with Crippen molar-refractivity contribution in [2.75, 3.05) is 57.8 Å². The molecule has 3 aliphatic rings. The number of carbonyl (C=O) groups is 1. The van der Waals surface area contributed by atoms with Crippen molar-refractivity contribution in [3.8, 4) is 0 Å². The Morgan fingerprint density at radius 1 is 1.06 bits per heavy atom. The second-order valence-electron chi connectivity index (χ2n) is 11.8. The number of amides is 1. The fraction of sp³-hybridized carbons (Fsp3) is 0.767. The second kappa shape index (κ2) is 12.6.